The molecule has 1 heterocycles. The molecule has 0 saturated carbocycles. The van der Waals surface area contributed by atoms with Gasteiger partial charge < -0.3 is 15.2 Å². The van der Waals surface area contributed by atoms with E-state index in [2.05, 4.69) is 26.1 Å². The number of halogens is 1. The molecule has 0 spiro atoms. The Morgan fingerprint density at radius 1 is 1.30 bits per heavy atom. The maximum absolute atomic E-state index is 9.40. The van der Waals surface area contributed by atoms with E-state index in [4.69, 9.17) is 20.5 Å². The Hall–Kier alpha value is -2.97. The maximum Gasteiger partial charge on any atom is 0.163 e. The number of methoxy groups -OCH3 is 2. The molecule has 8 heteroatoms. The molecule has 0 atom stereocenters. The second kappa shape index (κ2) is 6.86. The molecule has 7 nitrogen and oxygen atoms in total. The molecule has 0 aliphatic carbocycles. The fraction of sp³-hybridized carbons (Fsp3) is 0.133. The average Bonchev–Trinajstić information content (AvgIpc) is 2.93. The molecule has 1 aromatic carbocycles. The van der Waals surface area contributed by atoms with Crippen LogP contribution in [-0.2, 0) is 0 Å². The number of nitriles is 2. The number of nitrogen functional groups attached to an aromatic ring is 1. The zero-order valence-electron chi connectivity index (χ0n) is 12.3. The topological polar surface area (TPSA) is 121 Å². The second-order valence-electron chi connectivity index (χ2n) is 4.37. The summed E-state index contributed by atoms with van der Waals surface area (Å²) in [6.45, 7) is 0. The highest BCUT2D eigenvalue weighted by Gasteiger charge is 2.16. The van der Waals surface area contributed by atoms with Crippen molar-refractivity contribution >= 4 is 33.4 Å². The highest BCUT2D eigenvalue weighted by molar-refractivity contribution is 9.10. The molecule has 0 unspecified atom stereocenters. The molecular formula is C15H12BrN5O2. The molecule has 0 saturated heterocycles. The van der Waals surface area contributed by atoms with Crippen LogP contribution in [0.1, 0.15) is 16.8 Å². The molecule has 116 valence electrons. The standard InChI is InChI=1S/C15H12BrN5O2/c1-22-12-4-8(11(16)5-13(12)23-2)3-9(6-17)14-10(7-18)15(19)21-20-14/h3-5H,1-2H3,(H3,19,20,21). The normalized spacial score (nSPS) is 10.7. The summed E-state index contributed by atoms with van der Waals surface area (Å²) in [6.07, 6.45) is 1.60. The van der Waals surface area contributed by atoms with Crippen LogP contribution in [-0.4, -0.2) is 24.4 Å². The van der Waals surface area contributed by atoms with Crippen LogP contribution in [0.4, 0.5) is 5.82 Å². The number of nitrogens with zero attached hydrogens (tertiary/aromatic N) is 3. The predicted octanol–water partition coefficient (Wildman–Crippen LogP) is 2.71. The van der Waals surface area contributed by atoms with Gasteiger partial charge in [-0.1, -0.05) is 15.9 Å². The molecule has 23 heavy (non-hydrogen) atoms. The van der Waals surface area contributed by atoms with Gasteiger partial charge in [-0.25, -0.2) is 0 Å². The number of hydrogen-bond acceptors (Lipinski definition) is 6. The van der Waals surface area contributed by atoms with Gasteiger partial charge in [-0.2, -0.15) is 15.6 Å². The highest BCUT2D eigenvalue weighted by Crippen LogP contribution is 2.35. The molecule has 2 aromatic rings. The van der Waals surface area contributed by atoms with E-state index in [-0.39, 0.29) is 22.6 Å². The van der Waals surface area contributed by atoms with Crippen molar-refractivity contribution in [2.45, 2.75) is 0 Å². The number of anilines is 1. The Kier molecular flexibility index (Phi) is 4.89. The van der Waals surface area contributed by atoms with Gasteiger partial charge in [0, 0.05) is 4.47 Å². The number of nitrogens with one attached hydrogen (secondary N) is 1. The first kappa shape index (κ1) is 16.4. The van der Waals surface area contributed by atoms with E-state index in [1.54, 1.807) is 18.2 Å². The summed E-state index contributed by atoms with van der Waals surface area (Å²) in [5.74, 6) is 1.12. The third-order valence-corrected chi connectivity index (χ3v) is 3.79. The molecule has 0 amide bonds. The molecule has 0 aliphatic heterocycles. The van der Waals surface area contributed by atoms with E-state index in [1.807, 2.05) is 12.1 Å². The summed E-state index contributed by atoms with van der Waals surface area (Å²) in [5.41, 5.74) is 6.91. The quantitative estimate of drug-likeness (QED) is 0.794. The lowest BCUT2D eigenvalue weighted by Crippen LogP contribution is -1.93. The summed E-state index contributed by atoms with van der Waals surface area (Å²) >= 11 is 3.42. The second-order valence-corrected chi connectivity index (χ2v) is 5.22. The van der Waals surface area contributed by atoms with Crippen molar-refractivity contribution in [2.24, 2.45) is 0 Å². The van der Waals surface area contributed by atoms with Crippen molar-refractivity contribution in [3.05, 3.63) is 33.4 Å². The van der Waals surface area contributed by atoms with E-state index in [0.29, 0.717) is 21.5 Å². The number of ether oxygens (including phenoxy) is 2. The van der Waals surface area contributed by atoms with Gasteiger partial charge in [-0.15, -0.1) is 0 Å². The van der Waals surface area contributed by atoms with Crippen molar-refractivity contribution in [3.8, 4) is 23.6 Å². The zero-order chi connectivity index (χ0) is 17.0. The number of rotatable bonds is 4. The lowest BCUT2D eigenvalue weighted by atomic mass is 10.1. The Morgan fingerprint density at radius 2 is 1.96 bits per heavy atom. The third-order valence-electron chi connectivity index (χ3n) is 3.10. The monoisotopic (exact) mass is 373 g/mol. The lowest BCUT2D eigenvalue weighted by molar-refractivity contribution is 0.354. The van der Waals surface area contributed by atoms with Gasteiger partial charge in [0.15, 0.2) is 17.3 Å². The summed E-state index contributed by atoms with van der Waals surface area (Å²) in [4.78, 5) is 0. The van der Waals surface area contributed by atoms with E-state index in [0.717, 1.165) is 0 Å². The third kappa shape index (κ3) is 3.12. The number of allylic oxidation sites excluding steroid dienone is 1. The van der Waals surface area contributed by atoms with Gasteiger partial charge in [0.2, 0.25) is 0 Å². The van der Waals surface area contributed by atoms with E-state index in [9.17, 15) is 5.26 Å². The van der Waals surface area contributed by atoms with Gasteiger partial charge in [-0.05, 0) is 23.8 Å². The Morgan fingerprint density at radius 3 is 2.52 bits per heavy atom. The highest BCUT2D eigenvalue weighted by atomic mass is 79.9. The van der Waals surface area contributed by atoms with Crippen LogP contribution in [0.5, 0.6) is 11.5 Å². The fourth-order valence-electron chi connectivity index (χ4n) is 1.96. The Labute approximate surface area is 141 Å². The van der Waals surface area contributed by atoms with E-state index in [1.165, 1.54) is 14.2 Å². The number of nitrogens with two attached hydrogens (primary N) is 1. The summed E-state index contributed by atoms with van der Waals surface area (Å²) in [5, 5.41) is 24.9. The van der Waals surface area contributed by atoms with Crippen LogP contribution in [0.25, 0.3) is 11.6 Å². The number of H-pyrrole nitrogens is 1. The van der Waals surface area contributed by atoms with E-state index < -0.39 is 0 Å². The molecular weight excluding hydrogens is 362 g/mol. The molecule has 1 aromatic heterocycles. The van der Waals surface area contributed by atoms with Gasteiger partial charge in [0.25, 0.3) is 0 Å². The lowest BCUT2D eigenvalue weighted by Gasteiger charge is -2.10. The van der Waals surface area contributed by atoms with Crippen LogP contribution in [0, 0.1) is 22.7 Å². The van der Waals surface area contributed by atoms with Crippen molar-refractivity contribution in [1.82, 2.24) is 10.2 Å². The number of aromatic nitrogens is 2. The van der Waals surface area contributed by atoms with Crippen LogP contribution in [0.2, 0.25) is 0 Å². The minimum Gasteiger partial charge on any atom is -0.493 e. The summed E-state index contributed by atoms with van der Waals surface area (Å²) in [6, 6.07) is 7.41. The summed E-state index contributed by atoms with van der Waals surface area (Å²) < 4.78 is 11.2. The van der Waals surface area contributed by atoms with Gasteiger partial charge in [-0.3, -0.25) is 5.10 Å². The van der Waals surface area contributed by atoms with Crippen molar-refractivity contribution in [2.75, 3.05) is 20.0 Å². The zero-order valence-corrected chi connectivity index (χ0v) is 13.9. The van der Waals surface area contributed by atoms with Crippen LogP contribution in [0.3, 0.4) is 0 Å². The van der Waals surface area contributed by atoms with Crippen molar-refractivity contribution in [3.63, 3.8) is 0 Å². The first-order chi connectivity index (χ1) is 11.0. The molecule has 3 N–H and O–H groups in total. The number of aromatic amines is 1. The first-order valence-electron chi connectivity index (χ1n) is 6.33. The van der Waals surface area contributed by atoms with Crippen molar-refractivity contribution in [1.29, 1.82) is 10.5 Å². The largest absolute Gasteiger partial charge is 0.493 e. The minimum absolute atomic E-state index is 0.0510. The minimum atomic E-state index is 0.0510. The SMILES string of the molecule is COc1cc(Br)c(C=C(C#N)c2[nH]nc(N)c2C#N)cc1OC. The predicted molar refractivity (Wildman–Crippen MR) is 88.4 cm³/mol. The molecule has 0 radical (unpaired) electrons. The van der Waals surface area contributed by atoms with Gasteiger partial charge in [0.05, 0.1) is 25.5 Å². The summed E-state index contributed by atoms with van der Waals surface area (Å²) in [7, 11) is 3.06. The van der Waals surface area contributed by atoms with Crippen LogP contribution in [0.15, 0.2) is 16.6 Å². The molecule has 2 rings (SSSR count). The number of benzene rings is 1. The Balaban J connectivity index is 2.59. The molecule has 0 fully saturated rings. The number of hydrogen-bond donors (Lipinski definition) is 2. The fourth-order valence-corrected chi connectivity index (χ4v) is 2.40. The Bertz CT molecular complexity index is 858. The van der Waals surface area contributed by atoms with Crippen LogP contribution >= 0.6 is 15.9 Å². The maximum atomic E-state index is 9.40. The first-order valence-corrected chi connectivity index (χ1v) is 7.12. The molecule has 0 aliphatic rings. The van der Waals surface area contributed by atoms with Crippen molar-refractivity contribution < 1.29 is 9.47 Å². The average molecular weight is 374 g/mol. The smallest absolute Gasteiger partial charge is 0.163 e. The van der Waals surface area contributed by atoms with E-state index >= 15 is 0 Å². The van der Waals surface area contributed by atoms with Gasteiger partial charge in [0.1, 0.15) is 17.7 Å². The van der Waals surface area contributed by atoms with Crippen LogP contribution < -0.4 is 15.2 Å². The molecule has 0 bridgehead atoms. The van der Waals surface area contributed by atoms with Gasteiger partial charge >= 0.3 is 0 Å².